The molecule has 0 aromatic rings. The second-order valence-electron chi connectivity index (χ2n) is 6.77. The summed E-state index contributed by atoms with van der Waals surface area (Å²) in [5, 5.41) is 13.5. The zero-order chi connectivity index (χ0) is 13.0. The normalized spacial score (nSPS) is 16.9. The summed E-state index contributed by atoms with van der Waals surface area (Å²) < 4.78 is 0. The van der Waals surface area contributed by atoms with Crippen LogP contribution < -0.4 is 5.32 Å². The molecule has 1 unspecified atom stereocenters. The average Bonchev–Trinajstić information content (AvgIpc) is 1.95. The first-order chi connectivity index (χ1) is 7.02. The molecule has 98 valence electrons. The standard InChI is InChI=1S/C13H30N2O/c1-11(2)14-8-13(6,16)10-15(7)9-12(3,4)5/h11,14,16H,8-10H2,1-7H3. The minimum atomic E-state index is -0.662. The zero-order valence-corrected chi connectivity index (χ0v) is 12.1. The van der Waals surface area contributed by atoms with E-state index in [-0.39, 0.29) is 5.41 Å². The number of nitrogens with one attached hydrogen (secondary N) is 1. The molecule has 3 nitrogen and oxygen atoms in total. The predicted molar refractivity (Wildman–Crippen MR) is 70.7 cm³/mol. The van der Waals surface area contributed by atoms with Crippen molar-refractivity contribution in [1.29, 1.82) is 0 Å². The summed E-state index contributed by atoms with van der Waals surface area (Å²) in [5.74, 6) is 0. The number of hydrogen-bond donors (Lipinski definition) is 2. The molecule has 0 aliphatic heterocycles. The smallest absolute Gasteiger partial charge is 0.0869 e. The van der Waals surface area contributed by atoms with Crippen molar-refractivity contribution in [2.45, 2.75) is 53.2 Å². The Kier molecular flexibility index (Phi) is 5.94. The molecule has 0 aromatic heterocycles. The van der Waals surface area contributed by atoms with Crippen LogP contribution >= 0.6 is 0 Å². The van der Waals surface area contributed by atoms with E-state index in [9.17, 15) is 5.11 Å². The monoisotopic (exact) mass is 230 g/mol. The van der Waals surface area contributed by atoms with Crippen LogP contribution in [0, 0.1) is 5.41 Å². The van der Waals surface area contributed by atoms with Crippen LogP contribution in [0.2, 0.25) is 0 Å². The molecule has 0 radical (unpaired) electrons. The van der Waals surface area contributed by atoms with Gasteiger partial charge in [0.15, 0.2) is 0 Å². The molecule has 2 N–H and O–H groups in total. The van der Waals surface area contributed by atoms with Crippen LogP contribution in [0.25, 0.3) is 0 Å². The molecule has 0 saturated carbocycles. The number of likely N-dealkylation sites (N-methyl/N-ethyl adjacent to an activating group) is 1. The van der Waals surface area contributed by atoms with Gasteiger partial charge in [0, 0.05) is 25.7 Å². The fraction of sp³-hybridized carbons (Fsp3) is 1.00. The van der Waals surface area contributed by atoms with E-state index in [4.69, 9.17) is 0 Å². The van der Waals surface area contributed by atoms with Crippen molar-refractivity contribution >= 4 is 0 Å². The summed E-state index contributed by atoms with van der Waals surface area (Å²) in [7, 11) is 2.06. The molecule has 0 aliphatic rings. The van der Waals surface area contributed by atoms with Gasteiger partial charge in [-0.15, -0.1) is 0 Å². The Labute approximate surface area is 101 Å². The lowest BCUT2D eigenvalue weighted by Gasteiger charge is -2.33. The Morgan fingerprint density at radius 1 is 1.12 bits per heavy atom. The SMILES string of the molecule is CC(C)NCC(C)(O)CN(C)CC(C)(C)C. The lowest BCUT2D eigenvalue weighted by Crippen LogP contribution is -2.49. The Morgan fingerprint density at radius 3 is 2.00 bits per heavy atom. The van der Waals surface area contributed by atoms with Crippen molar-refractivity contribution in [3.05, 3.63) is 0 Å². The third-order valence-corrected chi connectivity index (χ3v) is 2.25. The van der Waals surface area contributed by atoms with Crippen LogP contribution in [0.5, 0.6) is 0 Å². The topological polar surface area (TPSA) is 35.5 Å². The number of aliphatic hydroxyl groups is 1. The molecule has 3 heteroatoms. The summed E-state index contributed by atoms with van der Waals surface area (Å²) in [4.78, 5) is 2.20. The number of nitrogens with zero attached hydrogens (tertiary/aromatic N) is 1. The third-order valence-electron chi connectivity index (χ3n) is 2.25. The van der Waals surface area contributed by atoms with Crippen LogP contribution in [0.1, 0.15) is 41.5 Å². The summed E-state index contributed by atoms with van der Waals surface area (Å²) in [6.07, 6.45) is 0. The van der Waals surface area contributed by atoms with Gasteiger partial charge in [-0.05, 0) is 19.4 Å². The van der Waals surface area contributed by atoms with Crippen molar-refractivity contribution in [3.8, 4) is 0 Å². The largest absolute Gasteiger partial charge is 0.388 e. The number of rotatable bonds is 6. The highest BCUT2D eigenvalue weighted by Crippen LogP contribution is 2.15. The molecule has 0 fully saturated rings. The minimum absolute atomic E-state index is 0.274. The highest BCUT2D eigenvalue weighted by Gasteiger charge is 2.24. The Hall–Kier alpha value is -0.120. The first-order valence-corrected chi connectivity index (χ1v) is 6.16. The van der Waals surface area contributed by atoms with Gasteiger partial charge in [0.1, 0.15) is 0 Å². The molecule has 0 aromatic carbocycles. The van der Waals surface area contributed by atoms with Crippen LogP contribution in [-0.4, -0.2) is 48.3 Å². The number of hydrogen-bond acceptors (Lipinski definition) is 3. The van der Waals surface area contributed by atoms with Crippen LogP contribution in [-0.2, 0) is 0 Å². The van der Waals surface area contributed by atoms with Crippen molar-refractivity contribution in [3.63, 3.8) is 0 Å². The second-order valence-corrected chi connectivity index (χ2v) is 6.77. The minimum Gasteiger partial charge on any atom is -0.388 e. The van der Waals surface area contributed by atoms with E-state index in [0.29, 0.717) is 19.1 Å². The molecule has 0 spiro atoms. The van der Waals surface area contributed by atoms with Crippen molar-refractivity contribution in [1.82, 2.24) is 10.2 Å². The highest BCUT2D eigenvalue weighted by atomic mass is 16.3. The van der Waals surface area contributed by atoms with Crippen LogP contribution in [0.15, 0.2) is 0 Å². The Balaban J connectivity index is 4.04. The van der Waals surface area contributed by atoms with Gasteiger partial charge in [-0.3, -0.25) is 0 Å². The van der Waals surface area contributed by atoms with E-state index in [0.717, 1.165) is 6.54 Å². The van der Waals surface area contributed by atoms with E-state index in [1.54, 1.807) is 0 Å². The Bertz CT molecular complexity index is 195. The van der Waals surface area contributed by atoms with Gasteiger partial charge in [0.2, 0.25) is 0 Å². The summed E-state index contributed by atoms with van der Waals surface area (Å²) in [6, 6.07) is 0.416. The molecule has 0 saturated heterocycles. The van der Waals surface area contributed by atoms with Gasteiger partial charge in [-0.25, -0.2) is 0 Å². The first-order valence-electron chi connectivity index (χ1n) is 6.16. The molecule has 0 rings (SSSR count). The molecule has 0 bridgehead atoms. The Morgan fingerprint density at radius 2 is 1.62 bits per heavy atom. The molecule has 0 amide bonds. The van der Waals surface area contributed by atoms with E-state index >= 15 is 0 Å². The van der Waals surface area contributed by atoms with E-state index < -0.39 is 5.60 Å². The maximum atomic E-state index is 10.2. The lowest BCUT2D eigenvalue weighted by atomic mass is 9.95. The van der Waals surface area contributed by atoms with Gasteiger partial charge in [0.05, 0.1) is 5.60 Å². The molecule has 1 atom stereocenters. The van der Waals surface area contributed by atoms with Crippen molar-refractivity contribution in [2.75, 3.05) is 26.7 Å². The van der Waals surface area contributed by atoms with Gasteiger partial charge in [0.25, 0.3) is 0 Å². The quantitative estimate of drug-likeness (QED) is 0.729. The molecule has 0 aliphatic carbocycles. The van der Waals surface area contributed by atoms with Crippen LogP contribution in [0.3, 0.4) is 0 Å². The summed E-state index contributed by atoms with van der Waals surface area (Å²) in [6.45, 7) is 15.0. The van der Waals surface area contributed by atoms with Gasteiger partial charge in [-0.2, -0.15) is 0 Å². The first kappa shape index (κ1) is 15.9. The van der Waals surface area contributed by atoms with E-state index in [2.05, 4.69) is 51.9 Å². The molecular formula is C13H30N2O. The van der Waals surface area contributed by atoms with Gasteiger partial charge >= 0.3 is 0 Å². The maximum absolute atomic E-state index is 10.2. The molecule has 16 heavy (non-hydrogen) atoms. The molecule has 0 heterocycles. The highest BCUT2D eigenvalue weighted by molar-refractivity contribution is 4.81. The average molecular weight is 230 g/mol. The third kappa shape index (κ3) is 9.13. The predicted octanol–water partition coefficient (Wildman–Crippen LogP) is 1.71. The van der Waals surface area contributed by atoms with Crippen LogP contribution in [0.4, 0.5) is 0 Å². The zero-order valence-electron chi connectivity index (χ0n) is 12.1. The van der Waals surface area contributed by atoms with E-state index in [1.165, 1.54) is 0 Å². The van der Waals surface area contributed by atoms with Crippen molar-refractivity contribution < 1.29 is 5.11 Å². The molecular weight excluding hydrogens is 200 g/mol. The fourth-order valence-corrected chi connectivity index (χ4v) is 1.93. The fourth-order valence-electron chi connectivity index (χ4n) is 1.93. The lowest BCUT2D eigenvalue weighted by molar-refractivity contribution is 0.0185. The summed E-state index contributed by atoms with van der Waals surface area (Å²) >= 11 is 0. The van der Waals surface area contributed by atoms with E-state index in [1.807, 2.05) is 6.92 Å². The summed E-state index contributed by atoms with van der Waals surface area (Å²) in [5.41, 5.74) is -0.388. The second kappa shape index (κ2) is 5.99. The maximum Gasteiger partial charge on any atom is 0.0869 e. The van der Waals surface area contributed by atoms with Gasteiger partial charge in [-0.1, -0.05) is 34.6 Å². The van der Waals surface area contributed by atoms with Crippen molar-refractivity contribution in [2.24, 2.45) is 5.41 Å². The van der Waals surface area contributed by atoms with Gasteiger partial charge < -0.3 is 15.3 Å².